The van der Waals surface area contributed by atoms with E-state index in [4.69, 9.17) is 4.74 Å². The van der Waals surface area contributed by atoms with Crippen LogP contribution >= 0.6 is 11.3 Å². The number of hydrogen-bond donors (Lipinski definition) is 3. The van der Waals surface area contributed by atoms with Crippen molar-refractivity contribution in [2.75, 3.05) is 13.2 Å². The van der Waals surface area contributed by atoms with Gasteiger partial charge >= 0.3 is 0 Å². The number of amides is 1. The average Bonchev–Trinajstić information content (AvgIpc) is 3.48. The van der Waals surface area contributed by atoms with Crippen LogP contribution in [0.15, 0.2) is 79.0 Å². The van der Waals surface area contributed by atoms with Crippen molar-refractivity contribution in [1.82, 2.24) is 10.3 Å². The van der Waals surface area contributed by atoms with Crippen molar-refractivity contribution >= 4 is 38.2 Å². The zero-order valence-corrected chi connectivity index (χ0v) is 19.7. The van der Waals surface area contributed by atoms with E-state index in [0.29, 0.717) is 24.3 Å². The van der Waals surface area contributed by atoms with Crippen molar-refractivity contribution in [1.29, 1.82) is 0 Å². The molecule has 6 heteroatoms. The van der Waals surface area contributed by atoms with E-state index in [1.807, 2.05) is 67.7 Å². The van der Waals surface area contributed by atoms with Crippen molar-refractivity contribution in [3.63, 3.8) is 0 Å². The first-order chi connectivity index (χ1) is 16.7. The molecule has 0 bridgehead atoms. The Bertz CT molecular complexity index is 1420. The molecule has 3 N–H and O–H groups in total. The monoisotopic (exact) mass is 470 g/mol. The summed E-state index contributed by atoms with van der Waals surface area (Å²) in [5, 5.41) is 15.3. The number of carbonyl (C=O) groups is 1. The molecule has 0 radical (unpaired) electrons. The molecule has 3 aromatic carbocycles. The number of rotatable bonds is 8. The maximum Gasteiger partial charge on any atom is 0.255 e. The van der Waals surface area contributed by atoms with Crippen LogP contribution in [-0.4, -0.2) is 35.3 Å². The van der Waals surface area contributed by atoms with Gasteiger partial charge in [-0.3, -0.25) is 4.79 Å². The van der Waals surface area contributed by atoms with Gasteiger partial charge in [0.15, 0.2) is 0 Å². The summed E-state index contributed by atoms with van der Waals surface area (Å²) in [7, 11) is 0. The second-order valence-electron chi connectivity index (χ2n) is 8.21. The molecule has 5 aromatic rings. The number of aliphatic hydroxyl groups excluding tert-OH is 1. The first-order valence-electron chi connectivity index (χ1n) is 11.4. The van der Waals surface area contributed by atoms with Crippen molar-refractivity contribution < 1.29 is 14.6 Å². The summed E-state index contributed by atoms with van der Waals surface area (Å²) in [6, 6.07) is 23.7. The molecular weight excluding hydrogens is 444 g/mol. The second-order valence-corrected chi connectivity index (χ2v) is 9.29. The fraction of sp³-hybridized carbons (Fsp3) is 0.179. The number of carbonyl (C=O) groups excluding carboxylic acids is 1. The predicted octanol–water partition coefficient (Wildman–Crippen LogP) is 5.78. The fourth-order valence-electron chi connectivity index (χ4n) is 4.26. The van der Waals surface area contributed by atoms with Gasteiger partial charge < -0.3 is 20.1 Å². The second kappa shape index (κ2) is 9.71. The molecule has 5 nitrogen and oxygen atoms in total. The molecule has 0 unspecified atom stereocenters. The Labute approximate surface area is 202 Å². The van der Waals surface area contributed by atoms with Gasteiger partial charge in [-0.1, -0.05) is 36.4 Å². The highest BCUT2D eigenvalue weighted by Gasteiger charge is 2.20. The summed E-state index contributed by atoms with van der Waals surface area (Å²) in [6.45, 7) is 2.20. The lowest BCUT2D eigenvalue weighted by Crippen LogP contribution is -2.39. The number of ether oxygens (including phenoxy) is 1. The molecule has 0 aliphatic carbocycles. The average molecular weight is 471 g/mol. The number of para-hydroxylation sites is 1. The van der Waals surface area contributed by atoms with Gasteiger partial charge in [-0.05, 0) is 66.3 Å². The third-order valence-electron chi connectivity index (χ3n) is 5.93. The smallest absolute Gasteiger partial charge is 0.255 e. The van der Waals surface area contributed by atoms with E-state index >= 15 is 0 Å². The quantitative estimate of drug-likeness (QED) is 0.269. The van der Waals surface area contributed by atoms with Gasteiger partial charge in [0.25, 0.3) is 5.91 Å². The van der Waals surface area contributed by atoms with Crippen LogP contribution in [0.5, 0.6) is 5.75 Å². The van der Waals surface area contributed by atoms with Gasteiger partial charge in [-0.15, -0.1) is 11.3 Å². The Morgan fingerprint density at radius 3 is 2.74 bits per heavy atom. The molecule has 0 fully saturated rings. The number of fused-ring (bicyclic) bond motifs is 2. The van der Waals surface area contributed by atoms with E-state index < -0.39 is 6.04 Å². The summed E-state index contributed by atoms with van der Waals surface area (Å²) in [5.74, 6) is 0.277. The van der Waals surface area contributed by atoms with Crippen LogP contribution in [0.3, 0.4) is 0 Å². The fourth-order valence-corrected chi connectivity index (χ4v) is 5.32. The zero-order chi connectivity index (χ0) is 23.5. The summed E-state index contributed by atoms with van der Waals surface area (Å²) in [5.41, 5.74) is 3.52. The lowest BCUT2D eigenvalue weighted by molar-refractivity contribution is 0.0913. The molecule has 2 heterocycles. The summed E-state index contributed by atoms with van der Waals surface area (Å²) in [6.07, 6.45) is 2.46. The number of hydrogen-bond acceptors (Lipinski definition) is 4. The number of aliphatic hydroxyl groups is 1. The van der Waals surface area contributed by atoms with Crippen LogP contribution in [-0.2, 0) is 6.42 Å². The molecule has 0 saturated carbocycles. The largest absolute Gasteiger partial charge is 0.493 e. The first kappa shape index (κ1) is 22.2. The Morgan fingerprint density at radius 2 is 1.91 bits per heavy atom. The van der Waals surface area contributed by atoms with Gasteiger partial charge in [-0.2, -0.15) is 0 Å². The van der Waals surface area contributed by atoms with Crippen LogP contribution in [0.4, 0.5) is 0 Å². The molecule has 1 atom stereocenters. The van der Waals surface area contributed by atoms with E-state index in [-0.39, 0.29) is 12.5 Å². The van der Waals surface area contributed by atoms with Crippen molar-refractivity contribution in [3.8, 4) is 16.2 Å². The highest BCUT2D eigenvalue weighted by molar-refractivity contribution is 7.22. The van der Waals surface area contributed by atoms with Gasteiger partial charge in [-0.25, -0.2) is 0 Å². The van der Waals surface area contributed by atoms with Crippen LogP contribution in [0.1, 0.15) is 22.8 Å². The van der Waals surface area contributed by atoms with Crippen LogP contribution in [0.25, 0.3) is 31.4 Å². The minimum absolute atomic E-state index is 0.161. The molecule has 172 valence electrons. The molecule has 0 aliphatic rings. The Morgan fingerprint density at radius 1 is 1.09 bits per heavy atom. The van der Waals surface area contributed by atoms with Crippen LogP contribution in [0, 0.1) is 0 Å². The van der Waals surface area contributed by atoms with Gasteiger partial charge in [0.1, 0.15) is 5.75 Å². The number of aromatic nitrogens is 1. The first-order valence-corrected chi connectivity index (χ1v) is 12.2. The Balaban J connectivity index is 1.42. The predicted molar refractivity (Wildman–Crippen MR) is 139 cm³/mol. The minimum atomic E-state index is -0.422. The van der Waals surface area contributed by atoms with Crippen molar-refractivity contribution in [2.24, 2.45) is 0 Å². The summed E-state index contributed by atoms with van der Waals surface area (Å²) >= 11 is 1.70. The lowest BCUT2D eigenvalue weighted by Gasteiger charge is -2.18. The van der Waals surface area contributed by atoms with E-state index in [9.17, 15) is 9.90 Å². The van der Waals surface area contributed by atoms with Gasteiger partial charge in [0.05, 0.1) is 24.8 Å². The molecule has 0 saturated heterocycles. The zero-order valence-electron chi connectivity index (χ0n) is 18.9. The Kier molecular flexibility index (Phi) is 6.34. The van der Waals surface area contributed by atoms with Crippen LogP contribution in [0.2, 0.25) is 0 Å². The standard InChI is InChI=1S/C28H26N2O3S/c1-2-33-25-12-11-19(27-15-18-7-3-6-10-26(18)34-27)14-23(25)28(32)30-21(17-31)13-20-16-29-24-9-5-4-8-22(20)24/h3-12,14-16,21,29,31H,2,13,17H2,1H3,(H,30,32)/t21-/m1/s1. The maximum atomic E-state index is 13.4. The van der Waals surface area contributed by atoms with E-state index in [0.717, 1.165) is 26.9 Å². The summed E-state index contributed by atoms with van der Waals surface area (Å²) < 4.78 is 6.97. The number of aromatic amines is 1. The van der Waals surface area contributed by atoms with Crippen LogP contribution < -0.4 is 10.1 Å². The van der Waals surface area contributed by atoms with E-state index in [1.165, 1.54) is 10.1 Å². The molecule has 0 aliphatic heterocycles. The molecule has 5 rings (SSSR count). The normalized spacial score (nSPS) is 12.2. The van der Waals surface area contributed by atoms with Gasteiger partial charge in [0.2, 0.25) is 0 Å². The molecule has 1 amide bonds. The molecule has 2 aromatic heterocycles. The highest BCUT2D eigenvalue weighted by Crippen LogP contribution is 2.35. The SMILES string of the molecule is CCOc1ccc(-c2cc3ccccc3s2)cc1C(=O)N[C@@H](CO)Cc1c[nH]c2ccccc12. The van der Waals surface area contributed by atoms with Gasteiger partial charge in [0, 0.05) is 26.7 Å². The molecule has 34 heavy (non-hydrogen) atoms. The lowest BCUT2D eigenvalue weighted by atomic mass is 10.0. The highest BCUT2D eigenvalue weighted by atomic mass is 32.1. The third-order valence-corrected chi connectivity index (χ3v) is 7.10. The Hall–Kier alpha value is -3.61. The third kappa shape index (κ3) is 4.42. The number of H-pyrrole nitrogens is 1. The van der Waals surface area contributed by atoms with Crippen molar-refractivity contribution in [3.05, 3.63) is 90.1 Å². The molecular formula is C28H26N2O3S. The number of thiophene rings is 1. The van der Waals surface area contributed by atoms with E-state index in [2.05, 4.69) is 28.5 Å². The van der Waals surface area contributed by atoms with Crippen molar-refractivity contribution in [2.45, 2.75) is 19.4 Å². The number of benzene rings is 3. The summed E-state index contributed by atoms with van der Waals surface area (Å²) in [4.78, 5) is 17.7. The maximum absolute atomic E-state index is 13.4. The number of nitrogens with one attached hydrogen (secondary N) is 2. The van der Waals surface area contributed by atoms with E-state index in [1.54, 1.807) is 11.3 Å². The minimum Gasteiger partial charge on any atom is -0.493 e. The topological polar surface area (TPSA) is 74.3 Å². The molecule has 0 spiro atoms.